The van der Waals surface area contributed by atoms with Crippen LogP contribution in [0.2, 0.25) is 0 Å². The molecule has 106 valence electrons. The SMILES string of the molecule is O=S(=O)(CCC1CC1)NCc1ccc(F)c(CO)c1. The Labute approximate surface area is 112 Å². The number of benzene rings is 1. The topological polar surface area (TPSA) is 66.4 Å². The third-order valence-corrected chi connectivity index (χ3v) is 4.63. The second-order valence-electron chi connectivity index (χ2n) is 4.96. The van der Waals surface area contributed by atoms with E-state index in [0.29, 0.717) is 17.9 Å². The molecule has 0 aliphatic heterocycles. The summed E-state index contributed by atoms with van der Waals surface area (Å²) in [6, 6.07) is 4.22. The zero-order valence-electron chi connectivity index (χ0n) is 10.6. The fourth-order valence-corrected chi connectivity index (χ4v) is 3.03. The van der Waals surface area contributed by atoms with Gasteiger partial charge in [0.25, 0.3) is 0 Å². The Morgan fingerprint density at radius 3 is 2.74 bits per heavy atom. The van der Waals surface area contributed by atoms with E-state index in [1.54, 1.807) is 0 Å². The molecule has 2 rings (SSSR count). The van der Waals surface area contributed by atoms with Crippen LogP contribution in [0.3, 0.4) is 0 Å². The van der Waals surface area contributed by atoms with Crippen molar-refractivity contribution in [2.24, 2.45) is 5.92 Å². The predicted molar refractivity (Wildman–Crippen MR) is 70.3 cm³/mol. The van der Waals surface area contributed by atoms with Gasteiger partial charge in [-0.2, -0.15) is 0 Å². The van der Waals surface area contributed by atoms with Gasteiger partial charge < -0.3 is 5.11 Å². The second kappa shape index (κ2) is 5.98. The van der Waals surface area contributed by atoms with Gasteiger partial charge in [0.15, 0.2) is 0 Å². The monoisotopic (exact) mass is 287 g/mol. The Morgan fingerprint density at radius 1 is 1.37 bits per heavy atom. The van der Waals surface area contributed by atoms with Gasteiger partial charge in [0, 0.05) is 12.1 Å². The minimum atomic E-state index is -3.27. The predicted octanol–water partition coefficient (Wildman–Crippen LogP) is 1.54. The second-order valence-corrected chi connectivity index (χ2v) is 6.88. The van der Waals surface area contributed by atoms with Gasteiger partial charge in [0.1, 0.15) is 5.82 Å². The highest BCUT2D eigenvalue weighted by atomic mass is 32.2. The van der Waals surface area contributed by atoms with Crippen LogP contribution in [0.5, 0.6) is 0 Å². The minimum Gasteiger partial charge on any atom is -0.392 e. The molecular weight excluding hydrogens is 269 g/mol. The number of hydrogen-bond donors (Lipinski definition) is 2. The molecule has 0 bridgehead atoms. The Balaban J connectivity index is 1.89. The van der Waals surface area contributed by atoms with E-state index in [-0.39, 0.29) is 17.9 Å². The van der Waals surface area contributed by atoms with E-state index in [2.05, 4.69) is 4.72 Å². The lowest BCUT2D eigenvalue weighted by Gasteiger charge is -2.08. The van der Waals surface area contributed by atoms with Crippen LogP contribution in [0, 0.1) is 11.7 Å². The van der Waals surface area contributed by atoms with Gasteiger partial charge in [0.2, 0.25) is 10.0 Å². The van der Waals surface area contributed by atoms with Gasteiger partial charge >= 0.3 is 0 Å². The lowest BCUT2D eigenvalue weighted by Crippen LogP contribution is -2.26. The first-order valence-electron chi connectivity index (χ1n) is 6.35. The lowest BCUT2D eigenvalue weighted by atomic mass is 10.1. The molecule has 0 amide bonds. The Hall–Kier alpha value is -0.980. The number of sulfonamides is 1. The Bertz CT molecular complexity index is 541. The maximum atomic E-state index is 13.2. The van der Waals surface area contributed by atoms with E-state index >= 15 is 0 Å². The first-order valence-corrected chi connectivity index (χ1v) is 8.01. The molecule has 0 spiro atoms. The molecule has 4 nitrogen and oxygen atoms in total. The van der Waals surface area contributed by atoms with Crippen LogP contribution in [-0.4, -0.2) is 19.3 Å². The van der Waals surface area contributed by atoms with Gasteiger partial charge in [0.05, 0.1) is 12.4 Å². The van der Waals surface area contributed by atoms with Crippen LogP contribution in [0.1, 0.15) is 30.4 Å². The average Bonchev–Trinajstić information content (AvgIpc) is 3.20. The maximum Gasteiger partial charge on any atom is 0.211 e. The fraction of sp³-hybridized carbons (Fsp3) is 0.538. The smallest absolute Gasteiger partial charge is 0.211 e. The van der Waals surface area contributed by atoms with Gasteiger partial charge in [-0.15, -0.1) is 0 Å². The molecule has 19 heavy (non-hydrogen) atoms. The van der Waals surface area contributed by atoms with Crippen LogP contribution < -0.4 is 4.72 Å². The van der Waals surface area contributed by atoms with Crippen molar-refractivity contribution in [3.63, 3.8) is 0 Å². The Kier molecular flexibility index (Phi) is 4.54. The van der Waals surface area contributed by atoms with Crippen LogP contribution in [0.25, 0.3) is 0 Å². The molecule has 1 fully saturated rings. The molecule has 0 heterocycles. The van der Waals surface area contributed by atoms with Crippen molar-refractivity contribution in [2.45, 2.75) is 32.4 Å². The molecule has 0 saturated heterocycles. The summed E-state index contributed by atoms with van der Waals surface area (Å²) in [5.74, 6) is 0.234. The summed E-state index contributed by atoms with van der Waals surface area (Å²) in [5, 5.41) is 8.94. The highest BCUT2D eigenvalue weighted by Gasteiger charge is 2.23. The zero-order valence-corrected chi connectivity index (χ0v) is 11.4. The summed E-state index contributed by atoms with van der Waals surface area (Å²) in [6.07, 6.45) is 2.97. The summed E-state index contributed by atoms with van der Waals surface area (Å²) >= 11 is 0. The molecule has 0 radical (unpaired) electrons. The standard InChI is InChI=1S/C13H18FNO3S/c14-13-4-3-11(7-12(13)9-16)8-15-19(17,18)6-5-10-1-2-10/h3-4,7,10,15-16H,1-2,5-6,8-9H2. The average molecular weight is 287 g/mol. The van der Waals surface area contributed by atoms with Crippen molar-refractivity contribution in [2.75, 3.05) is 5.75 Å². The molecule has 6 heteroatoms. The van der Waals surface area contributed by atoms with Crippen LogP contribution in [-0.2, 0) is 23.2 Å². The minimum absolute atomic E-state index is 0.125. The number of nitrogens with one attached hydrogen (secondary N) is 1. The number of halogens is 1. The summed E-state index contributed by atoms with van der Waals surface area (Å²) in [7, 11) is -3.27. The number of aliphatic hydroxyl groups excluding tert-OH is 1. The van der Waals surface area contributed by atoms with Gasteiger partial charge in [-0.3, -0.25) is 0 Å². The van der Waals surface area contributed by atoms with Crippen molar-refractivity contribution in [1.29, 1.82) is 0 Å². The largest absolute Gasteiger partial charge is 0.392 e. The molecule has 2 N–H and O–H groups in total. The highest BCUT2D eigenvalue weighted by molar-refractivity contribution is 7.89. The van der Waals surface area contributed by atoms with Crippen molar-refractivity contribution < 1.29 is 17.9 Å². The van der Waals surface area contributed by atoms with Gasteiger partial charge in [-0.25, -0.2) is 17.5 Å². The van der Waals surface area contributed by atoms with Gasteiger partial charge in [-0.1, -0.05) is 18.9 Å². The third-order valence-electron chi connectivity index (χ3n) is 3.27. The normalized spacial score (nSPS) is 15.7. The van der Waals surface area contributed by atoms with E-state index in [0.717, 1.165) is 12.8 Å². The van der Waals surface area contributed by atoms with Crippen molar-refractivity contribution >= 4 is 10.0 Å². The summed E-state index contributed by atoms with van der Waals surface area (Å²) in [6.45, 7) is -0.269. The zero-order chi connectivity index (χ0) is 13.9. The van der Waals surface area contributed by atoms with E-state index in [9.17, 15) is 12.8 Å². The molecule has 0 unspecified atom stereocenters. The molecule has 1 aromatic rings. The van der Waals surface area contributed by atoms with Crippen molar-refractivity contribution in [1.82, 2.24) is 4.72 Å². The first-order chi connectivity index (χ1) is 9.00. The molecule has 0 atom stereocenters. The van der Waals surface area contributed by atoms with E-state index < -0.39 is 22.4 Å². The first kappa shape index (κ1) is 14.4. The Morgan fingerprint density at radius 2 is 2.11 bits per heavy atom. The molecule has 1 saturated carbocycles. The fourth-order valence-electron chi connectivity index (χ4n) is 1.85. The molecule has 0 aromatic heterocycles. The molecule has 1 aromatic carbocycles. The van der Waals surface area contributed by atoms with E-state index in [1.165, 1.54) is 18.2 Å². The summed E-state index contributed by atoms with van der Waals surface area (Å²) < 4.78 is 39.1. The highest BCUT2D eigenvalue weighted by Crippen LogP contribution is 2.32. The van der Waals surface area contributed by atoms with Crippen LogP contribution in [0.15, 0.2) is 18.2 Å². The van der Waals surface area contributed by atoms with Crippen LogP contribution in [0.4, 0.5) is 4.39 Å². The lowest BCUT2D eigenvalue weighted by molar-refractivity contribution is 0.275. The quantitative estimate of drug-likeness (QED) is 0.799. The van der Waals surface area contributed by atoms with Crippen LogP contribution >= 0.6 is 0 Å². The third kappa shape index (κ3) is 4.56. The van der Waals surface area contributed by atoms with Crippen molar-refractivity contribution in [3.05, 3.63) is 35.1 Å². The van der Waals surface area contributed by atoms with Gasteiger partial charge in [-0.05, 0) is 30.0 Å². The van der Waals surface area contributed by atoms with E-state index in [4.69, 9.17) is 5.11 Å². The number of aliphatic hydroxyl groups is 1. The van der Waals surface area contributed by atoms with E-state index in [1.807, 2.05) is 0 Å². The maximum absolute atomic E-state index is 13.2. The summed E-state index contributed by atoms with van der Waals surface area (Å²) in [5.41, 5.74) is 0.815. The molecule has 1 aliphatic carbocycles. The number of rotatable bonds is 7. The summed E-state index contributed by atoms with van der Waals surface area (Å²) in [4.78, 5) is 0. The van der Waals surface area contributed by atoms with Crippen molar-refractivity contribution in [3.8, 4) is 0 Å². The number of hydrogen-bond acceptors (Lipinski definition) is 3. The molecular formula is C13H18FNO3S. The molecule has 1 aliphatic rings.